The van der Waals surface area contributed by atoms with E-state index in [1.807, 2.05) is 6.08 Å². The summed E-state index contributed by atoms with van der Waals surface area (Å²) in [5.41, 5.74) is 0. The minimum atomic E-state index is -0.852. The first-order valence-electron chi connectivity index (χ1n) is 27.7. The van der Waals surface area contributed by atoms with Gasteiger partial charge in [-0.15, -0.1) is 0 Å². The van der Waals surface area contributed by atoms with Crippen molar-refractivity contribution in [2.75, 3.05) is 13.2 Å². The van der Waals surface area contributed by atoms with Crippen molar-refractivity contribution < 1.29 is 76.5 Å². The van der Waals surface area contributed by atoms with E-state index in [1.54, 1.807) is 0 Å². The van der Waals surface area contributed by atoms with Crippen LogP contribution in [0, 0.1) is 23.7 Å². The first-order valence-corrected chi connectivity index (χ1v) is 27.7. The number of hydrogen-bond donors (Lipinski definition) is 2. The largest absolute Gasteiger partial charge is 0.390 e. The molecule has 14 aliphatic heterocycles. The lowest BCUT2D eigenvalue weighted by molar-refractivity contribution is -0.339. The van der Waals surface area contributed by atoms with Gasteiger partial charge in [-0.3, -0.25) is 0 Å². The molecule has 10 fully saturated rings. The predicted molar refractivity (Wildman–Crippen MR) is 250 cm³/mol. The van der Waals surface area contributed by atoms with E-state index in [0.717, 1.165) is 25.7 Å². The van der Waals surface area contributed by atoms with Gasteiger partial charge < -0.3 is 76.5 Å². The van der Waals surface area contributed by atoms with E-state index in [0.29, 0.717) is 64.1 Å². The number of fused-ring (bicyclic) bond motifs is 10. The van der Waals surface area contributed by atoms with E-state index < -0.39 is 42.1 Å². The maximum absolute atomic E-state index is 12.0. The Morgan fingerprint density at radius 1 is 0.437 bits per heavy atom. The zero-order valence-electron chi connectivity index (χ0n) is 41.6. The van der Waals surface area contributed by atoms with Gasteiger partial charge in [-0.05, 0) is 50.4 Å². The number of epoxide rings is 1. The third kappa shape index (κ3) is 8.21. The van der Waals surface area contributed by atoms with Crippen molar-refractivity contribution in [3.63, 3.8) is 0 Å². The summed E-state index contributed by atoms with van der Waals surface area (Å²) in [7, 11) is 0. The lowest BCUT2D eigenvalue weighted by Crippen LogP contribution is -2.63. The van der Waals surface area contributed by atoms with Crippen molar-refractivity contribution in [2.45, 2.75) is 256 Å². The van der Waals surface area contributed by atoms with E-state index in [-0.39, 0.29) is 134 Å². The zero-order chi connectivity index (χ0) is 47.9. The molecule has 0 amide bonds. The van der Waals surface area contributed by atoms with Gasteiger partial charge in [-0.1, -0.05) is 76.3 Å². The number of aliphatic hydroxyl groups is 2. The van der Waals surface area contributed by atoms with Crippen molar-refractivity contribution in [1.82, 2.24) is 0 Å². The normalized spacial score (nSPS) is 60.1. The lowest BCUT2D eigenvalue weighted by Gasteiger charge is -2.51. The van der Waals surface area contributed by atoms with Crippen molar-refractivity contribution in [3.05, 3.63) is 48.6 Å². The molecule has 16 heteroatoms. The highest BCUT2D eigenvalue weighted by Gasteiger charge is 2.71. The molecule has 0 saturated carbocycles. The van der Waals surface area contributed by atoms with E-state index >= 15 is 0 Å². The van der Waals surface area contributed by atoms with Crippen LogP contribution in [0.4, 0.5) is 0 Å². The molecule has 2 spiro atoms. The highest BCUT2D eigenvalue weighted by atomic mass is 16.8. The average molecular weight is 993 g/mol. The highest BCUT2D eigenvalue weighted by molar-refractivity contribution is 5.17. The van der Waals surface area contributed by atoms with Crippen LogP contribution in [0.5, 0.6) is 0 Å². The SMILES string of the molecule is CC1C(O)C2OC3(CCCO3)C(C)[C@H](C)C2O[C@H]2C[C@H]3O[C@H]4C[C@H]5O[C@H]6/C=C\C[C@H]7O[C@H]8C=C[C@H]9O[C@@H]%10C(CC9OC8C/C=C\C7OC6CC6OC65OC4C[C@H](C)CC3OC12)OC1CC=CCO[C@@H]1[C@H]%10O. The highest BCUT2D eigenvalue weighted by Crippen LogP contribution is 2.56. The molecule has 0 aliphatic carbocycles. The van der Waals surface area contributed by atoms with Gasteiger partial charge in [0.25, 0.3) is 0 Å². The number of hydrogen-bond acceptors (Lipinski definition) is 16. The molecule has 30 atom stereocenters. The summed E-state index contributed by atoms with van der Waals surface area (Å²) in [6.45, 7) is 9.94. The first kappa shape index (κ1) is 47.7. The monoisotopic (exact) mass is 993 g/mol. The summed E-state index contributed by atoms with van der Waals surface area (Å²) < 4.78 is 95.3. The van der Waals surface area contributed by atoms with Gasteiger partial charge in [-0.25, -0.2) is 0 Å². The smallest absolute Gasteiger partial charge is 0.223 e. The first-order chi connectivity index (χ1) is 34.5. The quantitative estimate of drug-likeness (QED) is 0.253. The Morgan fingerprint density at radius 2 is 1.07 bits per heavy atom. The van der Waals surface area contributed by atoms with Crippen LogP contribution < -0.4 is 0 Å². The second-order valence-corrected chi connectivity index (χ2v) is 23.9. The van der Waals surface area contributed by atoms with Gasteiger partial charge in [0.05, 0.1) is 98.7 Å². The molecule has 0 bridgehead atoms. The third-order valence-electron chi connectivity index (χ3n) is 19.5. The van der Waals surface area contributed by atoms with Crippen LogP contribution in [0.25, 0.3) is 0 Å². The average Bonchev–Trinajstić information content (AvgIpc) is 4.00. The number of rotatable bonds is 0. The zero-order valence-corrected chi connectivity index (χ0v) is 41.6. The van der Waals surface area contributed by atoms with Crippen molar-refractivity contribution in [1.29, 1.82) is 0 Å². The van der Waals surface area contributed by atoms with Gasteiger partial charge in [0.2, 0.25) is 5.79 Å². The van der Waals surface area contributed by atoms with Gasteiger partial charge in [0, 0.05) is 43.9 Å². The summed E-state index contributed by atoms with van der Waals surface area (Å²) in [6.07, 6.45) is 16.8. The predicted octanol–water partition coefficient (Wildman–Crippen LogP) is 4.69. The van der Waals surface area contributed by atoms with Gasteiger partial charge in [0.15, 0.2) is 5.79 Å². The molecule has 71 heavy (non-hydrogen) atoms. The maximum Gasteiger partial charge on any atom is 0.223 e. The Morgan fingerprint density at radius 3 is 1.90 bits per heavy atom. The van der Waals surface area contributed by atoms with Crippen molar-refractivity contribution in [2.24, 2.45) is 23.7 Å². The van der Waals surface area contributed by atoms with Crippen LogP contribution in [0.1, 0.15) is 98.3 Å². The van der Waals surface area contributed by atoms with Crippen LogP contribution in [0.2, 0.25) is 0 Å². The Balaban J connectivity index is 0.654. The van der Waals surface area contributed by atoms with Crippen LogP contribution in [0.3, 0.4) is 0 Å². The Hall–Kier alpha value is -1.68. The molecule has 14 aliphatic rings. The fourth-order valence-corrected chi connectivity index (χ4v) is 15.5. The van der Waals surface area contributed by atoms with Gasteiger partial charge in [-0.2, -0.15) is 0 Å². The van der Waals surface area contributed by atoms with Crippen LogP contribution >= 0.6 is 0 Å². The fraction of sp³-hybridized carbons (Fsp3) is 0.855. The molecule has 14 rings (SSSR count). The third-order valence-corrected chi connectivity index (χ3v) is 19.5. The lowest BCUT2D eigenvalue weighted by atomic mass is 9.76. The molecule has 0 aromatic rings. The Kier molecular flexibility index (Phi) is 12.5. The van der Waals surface area contributed by atoms with E-state index in [2.05, 4.69) is 70.2 Å². The molecular weight excluding hydrogens is 917 g/mol. The summed E-state index contributed by atoms with van der Waals surface area (Å²) in [5, 5.41) is 23.4. The maximum atomic E-state index is 12.0. The van der Waals surface area contributed by atoms with Gasteiger partial charge in [0.1, 0.15) is 61.0 Å². The van der Waals surface area contributed by atoms with E-state index in [4.69, 9.17) is 66.3 Å². The standard InChI is InChI=1S/C55H76O16/c1-26-20-37-39(23-43-49(67-37)28(3)47(56)53-50(68-43)27(2)29(4)54(71-53)17-9-19-59-54)64-41-24-45-55(69-42(41)21-26)46(70-55)25-40-33(65-45)14-8-11-30-31(62-40)12-7-13-32-34(60-30)15-16-35-38(61-32)22-44-52(66-35)48(57)51-36(63-44)10-5-6-18-58-51/h5-8,12,14-16,26-53,56-57H,9-11,13,17-25H2,1-4H3/b12-7-,14-8-/t26-,27+,28?,29?,30-,31?,32?,33+,34+,35-,36?,37?,38?,39-,40?,41+,42?,43+,44?,45-,46?,47?,48-,49?,50?,51+,52-,53?,54?,55?/m1/s1. The topological polar surface area (TPSA) is 173 Å². The second-order valence-electron chi connectivity index (χ2n) is 23.9. The summed E-state index contributed by atoms with van der Waals surface area (Å²) >= 11 is 0. The second kappa shape index (κ2) is 18.5. The summed E-state index contributed by atoms with van der Waals surface area (Å²) in [6, 6.07) is 0. The molecule has 17 unspecified atom stereocenters. The van der Waals surface area contributed by atoms with Crippen molar-refractivity contribution in [3.8, 4) is 0 Å². The molecule has 14 heterocycles. The Bertz CT molecular complexity index is 2080. The summed E-state index contributed by atoms with van der Waals surface area (Å²) in [4.78, 5) is 0. The van der Waals surface area contributed by atoms with E-state index in [9.17, 15) is 10.2 Å². The fourth-order valence-electron chi connectivity index (χ4n) is 15.5. The molecule has 16 nitrogen and oxygen atoms in total. The van der Waals surface area contributed by atoms with Crippen LogP contribution in [0.15, 0.2) is 48.6 Å². The number of aliphatic hydroxyl groups excluding tert-OH is 2. The Labute approximate surface area is 417 Å². The molecule has 0 aromatic carbocycles. The molecule has 10 saturated heterocycles. The summed E-state index contributed by atoms with van der Waals surface area (Å²) in [5.74, 6) is -1.19. The van der Waals surface area contributed by atoms with Crippen LogP contribution in [-0.2, 0) is 66.3 Å². The number of ether oxygens (including phenoxy) is 14. The van der Waals surface area contributed by atoms with Crippen LogP contribution in [-0.4, -0.2) is 181 Å². The molecule has 392 valence electrons. The molecule has 2 N–H and O–H groups in total. The van der Waals surface area contributed by atoms with Crippen molar-refractivity contribution >= 4 is 0 Å². The van der Waals surface area contributed by atoms with Gasteiger partial charge >= 0.3 is 0 Å². The van der Waals surface area contributed by atoms with E-state index in [1.165, 1.54) is 0 Å². The minimum absolute atomic E-state index is 0.118. The molecule has 0 radical (unpaired) electrons. The minimum Gasteiger partial charge on any atom is -0.390 e. The molecule has 0 aromatic heterocycles. The molecular formula is C55H76O16.